The van der Waals surface area contributed by atoms with Gasteiger partial charge in [-0.1, -0.05) is 0 Å². The van der Waals surface area contributed by atoms with Crippen molar-refractivity contribution in [2.24, 2.45) is 0 Å². The lowest BCUT2D eigenvalue weighted by molar-refractivity contribution is 0.836. The van der Waals surface area contributed by atoms with Crippen LogP contribution in [0, 0.1) is 0 Å². The van der Waals surface area contributed by atoms with Crippen molar-refractivity contribution >= 4 is 11.5 Å². The van der Waals surface area contributed by atoms with Crippen LogP contribution < -0.4 is 5.73 Å². The van der Waals surface area contributed by atoms with E-state index in [2.05, 4.69) is 15.2 Å². The van der Waals surface area contributed by atoms with E-state index in [0.717, 1.165) is 11.5 Å². The van der Waals surface area contributed by atoms with Crippen LogP contribution in [0.2, 0.25) is 0 Å². The molecule has 15 heavy (non-hydrogen) atoms. The SMILES string of the molecule is Nc1ccn(-c2ccn3nccc3n2)n1. The third-order valence-corrected chi connectivity index (χ3v) is 2.09. The van der Waals surface area contributed by atoms with Crippen LogP contribution in [0.25, 0.3) is 11.5 Å². The average molecular weight is 200 g/mol. The molecular weight excluding hydrogens is 192 g/mol. The highest BCUT2D eigenvalue weighted by atomic mass is 15.3. The summed E-state index contributed by atoms with van der Waals surface area (Å²) in [6.45, 7) is 0. The Morgan fingerprint density at radius 3 is 2.87 bits per heavy atom. The second-order valence-electron chi connectivity index (χ2n) is 3.10. The van der Waals surface area contributed by atoms with Gasteiger partial charge < -0.3 is 5.73 Å². The zero-order valence-electron chi connectivity index (χ0n) is 7.78. The van der Waals surface area contributed by atoms with E-state index in [-0.39, 0.29) is 0 Å². The van der Waals surface area contributed by atoms with Gasteiger partial charge in [0.1, 0.15) is 5.82 Å². The van der Waals surface area contributed by atoms with Crippen LogP contribution in [0.1, 0.15) is 0 Å². The normalized spacial score (nSPS) is 10.9. The van der Waals surface area contributed by atoms with Crippen LogP contribution >= 0.6 is 0 Å². The van der Waals surface area contributed by atoms with Gasteiger partial charge in [0.25, 0.3) is 0 Å². The van der Waals surface area contributed by atoms with Gasteiger partial charge in [-0.15, -0.1) is 5.10 Å². The molecule has 0 unspecified atom stereocenters. The Hall–Kier alpha value is -2.37. The van der Waals surface area contributed by atoms with Crippen molar-refractivity contribution in [3.63, 3.8) is 0 Å². The smallest absolute Gasteiger partial charge is 0.157 e. The largest absolute Gasteiger partial charge is 0.382 e. The Kier molecular flexibility index (Phi) is 1.49. The van der Waals surface area contributed by atoms with Gasteiger partial charge in [0.15, 0.2) is 11.5 Å². The molecule has 6 heteroatoms. The summed E-state index contributed by atoms with van der Waals surface area (Å²) in [5, 5.41) is 8.13. The lowest BCUT2D eigenvalue weighted by Gasteiger charge is -1.99. The molecule has 0 aromatic carbocycles. The second kappa shape index (κ2) is 2.81. The number of aromatic nitrogens is 5. The lowest BCUT2D eigenvalue weighted by atomic mass is 10.5. The number of hydrogen-bond donors (Lipinski definition) is 1. The molecule has 0 aliphatic rings. The van der Waals surface area contributed by atoms with E-state index in [9.17, 15) is 0 Å². The summed E-state index contributed by atoms with van der Waals surface area (Å²) < 4.78 is 3.32. The van der Waals surface area contributed by atoms with Gasteiger partial charge in [-0.2, -0.15) is 5.10 Å². The van der Waals surface area contributed by atoms with Crippen molar-refractivity contribution in [3.8, 4) is 5.82 Å². The summed E-state index contributed by atoms with van der Waals surface area (Å²) in [6, 6.07) is 5.38. The number of nitrogens with zero attached hydrogens (tertiary/aromatic N) is 5. The van der Waals surface area contributed by atoms with Crippen LogP contribution in [-0.4, -0.2) is 24.4 Å². The summed E-state index contributed by atoms with van der Waals surface area (Å²) in [4.78, 5) is 4.36. The summed E-state index contributed by atoms with van der Waals surface area (Å²) in [7, 11) is 0. The van der Waals surface area contributed by atoms with Gasteiger partial charge in [0.05, 0.1) is 6.20 Å². The molecule has 3 rings (SSSR count). The molecule has 0 radical (unpaired) electrons. The van der Waals surface area contributed by atoms with Gasteiger partial charge >= 0.3 is 0 Å². The minimum Gasteiger partial charge on any atom is -0.382 e. The zero-order chi connectivity index (χ0) is 10.3. The van der Waals surface area contributed by atoms with Crippen molar-refractivity contribution in [1.82, 2.24) is 24.4 Å². The van der Waals surface area contributed by atoms with Crippen LogP contribution in [0.3, 0.4) is 0 Å². The number of anilines is 1. The summed E-state index contributed by atoms with van der Waals surface area (Å²) in [6.07, 6.45) is 5.30. The Balaban J connectivity index is 2.18. The Morgan fingerprint density at radius 2 is 2.07 bits per heavy atom. The molecule has 0 aliphatic heterocycles. The van der Waals surface area contributed by atoms with Crippen LogP contribution in [0.4, 0.5) is 5.82 Å². The number of nitrogens with two attached hydrogens (primary N) is 1. The maximum absolute atomic E-state index is 5.53. The van der Waals surface area contributed by atoms with E-state index < -0.39 is 0 Å². The number of nitrogen functional groups attached to an aromatic ring is 1. The van der Waals surface area contributed by atoms with Crippen molar-refractivity contribution in [2.45, 2.75) is 0 Å². The Labute approximate surface area is 85.0 Å². The second-order valence-corrected chi connectivity index (χ2v) is 3.10. The third kappa shape index (κ3) is 1.23. The van der Waals surface area contributed by atoms with Gasteiger partial charge in [-0.3, -0.25) is 0 Å². The number of fused-ring (bicyclic) bond motifs is 1. The average Bonchev–Trinajstić information content (AvgIpc) is 2.84. The first-order chi connectivity index (χ1) is 7.33. The minimum absolute atomic E-state index is 0.477. The highest BCUT2D eigenvalue weighted by Gasteiger charge is 2.01. The number of hydrogen-bond acceptors (Lipinski definition) is 4. The minimum atomic E-state index is 0.477. The molecule has 0 amide bonds. The molecule has 0 aliphatic carbocycles. The molecule has 0 spiro atoms. The topological polar surface area (TPSA) is 74.0 Å². The molecule has 2 N–H and O–H groups in total. The maximum Gasteiger partial charge on any atom is 0.157 e. The Morgan fingerprint density at radius 1 is 1.13 bits per heavy atom. The van der Waals surface area contributed by atoms with Crippen molar-refractivity contribution in [1.29, 1.82) is 0 Å². The zero-order valence-corrected chi connectivity index (χ0v) is 7.78. The molecule has 3 heterocycles. The third-order valence-electron chi connectivity index (χ3n) is 2.09. The van der Waals surface area contributed by atoms with E-state index in [1.54, 1.807) is 27.7 Å². The molecule has 3 aromatic heterocycles. The van der Waals surface area contributed by atoms with Crippen molar-refractivity contribution in [3.05, 3.63) is 36.8 Å². The van der Waals surface area contributed by atoms with Crippen molar-refractivity contribution in [2.75, 3.05) is 5.73 Å². The molecule has 6 nitrogen and oxygen atoms in total. The fraction of sp³-hybridized carbons (Fsp3) is 0. The molecule has 0 atom stereocenters. The Bertz CT molecular complexity index is 608. The van der Waals surface area contributed by atoms with Crippen LogP contribution in [0.15, 0.2) is 36.8 Å². The molecular formula is C9H8N6. The monoisotopic (exact) mass is 200 g/mol. The lowest BCUT2D eigenvalue weighted by Crippen LogP contribution is -2.01. The van der Waals surface area contributed by atoms with Crippen LogP contribution in [-0.2, 0) is 0 Å². The quantitative estimate of drug-likeness (QED) is 0.620. The fourth-order valence-electron chi connectivity index (χ4n) is 1.40. The first-order valence-electron chi connectivity index (χ1n) is 4.45. The fourth-order valence-corrected chi connectivity index (χ4v) is 1.40. The first kappa shape index (κ1) is 7.98. The predicted molar refractivity (Wildman–Crippen MR) is 54.5 cm³/mol. The van der Waals surface area contributed by atoms with E-state index in [1.165, 1.54) is 0 Å². The van der Waals surface area contributed by atoms with E-state index >= 15 is 0 Å². The molecule has 0 saturated carbocycles. The molecule has 0 saturated heterocycles. The standard InChI is InChI=1S/C9H8N6/c10-7-2-5-15(13-7)9-3-6-14-8(12-9)1-4-11-14/h1-6H,(H2,10,13). The number of rotatable bonds is 1. The summed E-state index contributed by atoms with van der Waals surface area (Å²) in [5.41, 5.74) is 6.31. The molecule has 74 valence electrons. The van der Waals surface area contributed by atoms with Crippen molar-refractivity contribution < 1.29 is 0 Å². The van der Waals surface area contributed by atoms with Gasteiger partial charge in [0, 0.05) is 30.6 Å². The molecule has 3 aromatic rings. The predicted octanol–water partition coefficient (Wildman–Crippen LogP) is 0.497. The highest BCUT2D eigenvalue weighted by molar-refractivity contribution is 5.40. The van der Waals surface area contributed by atoms with Gasteiger partial charge in [0.2, 0.25) is 0 Å². The summed E-state index contributed by atoms with van der Waals surface area (Å²) in [5.74, 6) is 1.20. The maximum atomic E-state index is 5.53. The van der Waals surface area contributed by atoms with Gasteiger partial charge in [-0.05, 0) is 0 Å². The van der Waals surface area contributed by atoms with E-state index in [4.69, 9.17) is 5.73 Å². The molecule has 0 fully saturated rings. The summed E-state index contributed by atoms with van der Waals surface area (Å²) >= 11 is 0. The first-order valence-corrected chi connectivity index (χ1v) is 4.45. The van der Waals surface area contributed by atoms with E-state index in [0.29, 0.717) is 5.82 Å². The van der Waals surface area contributed by atoms with E-state index in [1.807, 2.05) is 18.3 Å². The highest BCUT2D eigenvalue weighted by Crippen LogP contribution is 2.07. The molecule has 0 bridgehead atoms. The van der Waals surface area contributed by atoms with Gasteiger partial charge in [-0.25, -0.2) is 14.2 Å². The van der Waals surface area contributed by atoms with Crippen LogP contribution in [0.5, 0.6) is 0 Å².